The smallest absolute Gasteiger partial charge is 0.400 e. The van der Waals surface area contributed by atoms with Crippen LogP contribution in [0.4, 0.5) is 8.78 Å². The molecule has 0 aliphatic rings. The molecule has 0 aliphatic heterocycles. The molecule has 11 nitrogen and oxygen atoms in total. The number of hydrogen-bond donors (Lipinski definition) is 4. The quantitative estimate of drug-likeness (QED) is 0.268. The molecular weight excluding hydrogens is 479 g/mol. The first-order valence-electron chi connectivity index (χ1n) is 8.29. The number of fused-ring (bicyclic) bond motifs is 1. The van der Waals surface area contributed by atoms with E-state index in [0.29, 0.717) is 16.9 Å². The van der Waals surface area contributed by atoms with Crippen molar-refractivity contribution in [2.45, 2.75) is 12.1 Å². The molecule has 0 saturated carbocycles. The van der Waals surface area contributed by atoms with Crippen molar-refractivity contribution in [3.8, 4) is 23.1 Å². The van der Waals surface area contributed by atoms with Crippen LogP contribution in [0.3, 0.4) is 0 Å². The SMILES string of the molecule is N#Cc1c(C(F)(F)P(=O)(O)O)sc2c(OCCCS(N)(=O)=O)cc(-c3cn[nH]n3)cc12. The highest BCUT2D eigenvalue weighted by Gasteiger charge is 2.53. The lowest BCUT2D eigenvalue weighted by Crippen LogP contribution is -2.18. The maximum atomic E-state index is 14.4. The maximum absolute atomic E-state index is 14.4. The fourth-order valence-corrected chi connectivity index (χ4v) is 5.13. The molecule has 5 N–H and O–H groups in total. The Morgan fingerprint density at radius 3 is 2.65 bits per heavy atom. The summed E-state index contributed by atoms with van der Waals surface area (Å²) in [6, 6.07) is 4.33. The van der Waals surface area contributed by atoms with Crippen LogP contribution in [0, 0.1) is 11.3 Å². The molecule has 16 heteroatoms. The summed E-state index contributed by atoms with van der Waals surface area (Å²) < 4.78 is 68.0. The molecule has 0 bridgehead atoms. The average Bonchev–Trinajstić information content (AvgIpc) is 3.30. The fourth-order valence-electron chi connectivity index (χ4n) is 2.66. The highest BCUT2D eigenvalue weighted by Crippen LogP contribution is 2.62. The number of halogens is 2. The van der Waals surface area contributed by atoms with Crippen LogP contribution in [0.15, 0.2) is 18.3 Å². The van der Waals surface area contributed by atoms with E-state index in [9.17, 15) is 27.0 Å². The number of ether oxygens (including phenoxy) is 1. The first kappa shape index (κ1) is 23.2. The Bertz CT molecular complexity index is 1310. The van der Waals surface area contributed by atoms with Crippen LogP contribution in [0.1, 0.15) is 16.9 Å². The Balaban J connectivity index is 2.17. The number of nitrogens with zero attached hydrogens (tertiary/aromatic N) is 3. The number of thiophene rings is 1. The van der Waals surface area contributed by atoms with Crippen LogP contribution in [0.25, 0.3) is 21.3 Å². The Morgan fingerprint density at radius 1 is 1.39 bits per heavy atom. The third-order valence-electron chi connectivity index (χ3n) is 4.05. The zero-order valence-electron chi connectivity index (χ0n) is 15.3. The van der Waals surface area contributed by atoms with Crippen molar-refractivity contribution in [3.05, 3.63) is 28.8 Å². The normalized spacial score (nSPS) is 12.8. The van der Waals surface area contributed by atoms with E-state index in [1.807, 2.05) is 0 Å². The van der Waals surface area contributed by atoms with Crippen molar-refractivity contribution in [3.63, 3.8) is 0 Å². The molecule has 3 rings (SSSR count). The predicted octanol–water partition coefficient (Wildman–Crippen LogP) is 1.84. The number of aromatic nitrogens is 3. The molecule has 31 heavy (non-hydrogen) atoms. The number of sulfonamides is 1. The van der Waals surface area contributed by atoms with E-state index in [2.05, 4.69) is 15.4 Å². The van der Waals surface area contributed by atoms with E-state index in [4.69, 9.17) is 19.7 Å². The van der Waals surface area contributed by atoms with Gasteiger partial charge in [0.05, 0.1) is 28.8 Å². The second-order valence-electron chi connectivity index (χ2n) is 6.28. The van der Waals surface area contributed by atoms with Crippen LogP contribution in [-0.4, -0.2) is 46.0 Å². The number of nitriles is 1. The second-order valence-corrected chi connectivity index (χ2v) is 10.7. The van der Waals surface area contributed by atoms with Gasteiger partial charge in [0.2, 0.25) is 10.0 Å². The lowest BCUT2D eigenvalue weighted by atomic mass is 10.1. The van der Waals surface area contributed by atoms with Crippen molar-refractivity contribution < 1.29 is 36.3 Å². The average molecular weight is 493 g/mol. The van der Waals surface area contributed by atoms with Gasteiger partial charge in [0.15, 0.2) is 0 Å². The monoisotopic (exact) mass is 493 g/mol. The van der Waals surface area contributed by atoms with Crippen LogP contribution >= 0.6 is 18.9 Å². The molecule has 0 radical (unpaired) electrons. The van der Waals surface area contributed by atoms with Gasteiger partial charge in [0, 0.05) is 10.9 Å². The molecule has 0 atom stereocenters. The summed E-state index contributed by atoms with van der Waals surface area (Å²) in [6.07, 6.45) is 1.33. The summed E-state index contributed by atoms with van der Waals surface area (Å²) in [6.45, 7) is -0.155. The highest BCUT2D eigenvalue weighted by molar-refractivity contribution is 7.89. The minimum Gasteiger partial charge on any atom is -0.492 e. The Kier molecular flexibility index (Phi) is 6.16. The molecule has 0 fully saturated rings. The molecule has 3 aromatic rings. The number of alkyl halides is 2. The third kappa shape index (κ3) is 4.74. The number of rotatable bonds is 8. The summed E-state index contributed by atoms with van der Waals surface area (Å²) in [5.41, 5.74) is -4.61. The molecule has 0 unspecified atom stereocenters. The molecule has 0 amide bonds. The van der Waals surface area contributed by atoms with Gasteiger partial charge in [-0.05, 0) is 18.6 Å². The number of aromatic amines is 1. The Hall–Kier alpha value is -2.47. The zero-order valence-corrected chi connectivity index (χ0v) is 17.8. The first-order valence-corrected chi connectivity index (χ1v) is 12.4. The van der Waals surface area contributed by atoms with Crippen LogP contribution in [0.5, 0.6) is 5.75 Å². The van der Waals surface area contributed by atoms with Gasteiger partial charge in [0.25, 0.3) is 0 Å². The first-order chi connectivity index (χ1) is 14.3. The van der Waals surface area contributed by atoms with Crippen molar-refractivity contribution in [2.24, 2.45) is 5.14 Å². The number of hydrogen-bond acceptors (Lipinski definition) is 8. The van der Waals surface area contributed by atoms with E-state index in [0.717, 1.165) is 0 Å². The summed E-state index contributed by atoms with van der Waals surface area (Å²) in [5, 5.41) is 24.3. The van der Waals surface area contributed by atoms with E-state index in [1.165, 1.54) is 18.3 Å². The van der Waals surface area contributed by atoms with Crippen LogP contribution in [-0.2, 0) is 20.3 Å². The van der Waals surface area contributed by atoms with Gasteiger partial charge < -0.3 is 14.5 Å². The molecule has 1 aromatic carbocycles. The lowest BCUT2D eigenvalue weighted by Gasteiger charge is -2.16. The highest BCUT2D eigenvalue weighted by atomic mass is 32.2. The van der Waals surface area contributed by atoms with Crippen molar-refractivity contribution in [1.29, 1.82) is 5.26 Å². The van der Waals surface area contributed by atoms with Crippen LogP contribution in [0.2, 0.25) is 0 Å². The zero-order chi connectivity index (χ0) is 23.0. The molecule has 0 spiro atoms. The van der Waals surface area contributed by atoms with Gasteiger partial charge >= 0.3 is 13.3 Å². The molecule has 0 aliphatic carbocycles. The number of nitrogens with two attached hydrogens (primary N) is 1. The second kappa shape index (κ2) is 8.23. The van der Waals surface area contributed by atoms with Crippen molar-refractivity contribution in [2.75, 3.05) is 12.4 Å². The van der Waals surface area contributed by atoms with E-state index in [1.54, 1.807) is 6.07 Å². The molecule has 166 valence electrons. The predicted molar refractivity (Wildman–Crippen MR) is 106 cm³/mol. The van der Waals surface area contributed by atoms with Gasteiger partial charge in [0.1, 0.15) is 22.4 Å². The number of nitrogens with one attached hydrogen (secondary N) is 1. The molecular formula is C15H14F2N5O6PS2. The maximum Gasteiger partial charge on any atom is 0.400 e. The number of H-pyrrole nitrogens is 1. The van der Waals surface area contributed by atoms with E-state index >= 15 is 0 Å². The molecule has 2 heterocycles. The van der Waals surface area contributed by atoms with Crippen molar-refractivity contribution >= 4 is 39.0 Å². The Labute approximate surface area is 177 Å². The summed E-state index contributed by atoms with van der Waals surface area (Å²) in [4.78, 5) is 17.1. The van der Waals surface area contributed by atoms with Gasteiger partial charge in [-0.1, -0.05) is 0 Å². The number of benzene rings is 1. The largest absolute Gasteiger partial charge is 0.492 e. The van der Waals surface area contributed by atoms with E-state index in [-0.39, 0.29) is 40.3 Å². The van der Waals surface area contributed by atoms with Gasteiger partial charge in [-0.15, -0.1) is 11.3 Å². The Morgan fingerprint density at radius 2 is 2.10 bits per heavy atom. The van der Waals surface area contributed by atoms with Gasteiger partial charge in [-0.2, -0.15) is 29.5 Å². The summed E-state index contributed by atoms with van der Waals surface area (Å²) in [7, 11) is -9.66. The fraction of sp³-hybridized carbons (Fsp3) is 0.267. The topological polar surface area (TPSA) is 192 Å². The standard InChI is InChI=1S/C15H14F2N5O6PS2/c16-15(17,29(23,24)25)14-10(6-18)9-4-8(11-7-20-22-21-11)5-12(13(9)30-14)28-2-1-3-31(19,26)27/h4-5,7H,1-3H2,(H2,19,26,27)(H,20,21,22)(H2,23,24,25). The van der Waals surface area contributed by atoms with Gasteiger partial charge in [-0.3, -0.25) is 4.57 Å². The molecule has 2 aromatic heterocycles. The summed E-state index contributed by atoms with van der Waals surface area (Å²) in [5.74, 6) is -0.381. The third-order valence-corrected chi connectivity index (χ3v) is 7.30. The van der Waals surface area contributed by atoms with Crippen molar-refractivity contribution in [1.82, 2.24) is 15.4 Å². The molecule has 0 saturated heterocycles. The summed E-state index contributed by atoms with van der Waals surface area (Å²) >= 11 is 0.302. The minimum atomic E-state index is -5.93. The van der Waals surface area contributed by atoms with Gasteiger partial charge in [-0.25, -0.2) is 13.6 Å². The van der Waals surface area contributed by atoms with Crippen LogP contribution < -0.4 is 9.88 Å². The number of primary sulfonamides is 1. The lowest BCUT2D eigenvalue weighted by molar-refractivity contribution is 0.0599. The van der Waals surface area contributed by atoms with E-state index < -0.39 is 33.7 Å². The minimum absolute atomic E-state index is 0.000758.